The Morgan fingerprint density at radius 3 is 2.53 bits per heavy atom. The first-order valence-electron chi connectivity index (χ1n) is 6.23. The molecular formula is C12H18N4O2S. The number of rotatable bonds is 3. The van der Waals surface area contributed by atoms with Gasteiger partial charge >= 0.3 is 0 Å². The van der Waals surface area contributed by atoms with Crippen LogP contribution >= 0.6 is 0 Å². The van der Waals surface area contributed by atoms with Gasteiger partial charge in [0.25, 0.3) is 5.91 Å². The first kappa shape index (κ1) is 13.9. The molecule has 0 radical (unpaired) electrons. The number of carbonyl (C=O) groups excluding carboxylic acids is 1. The summed E-state index contributed by atoms with van der Waals surface area (Å²) in [5.41, 5.74) is 0.334. The normalized spacial score (nSPS) is 22.8. The molecule has 19 heavy (non-hydrogen) atoms. The van der Waals surface area contributed by atoms with E-state index < -0.39 is 10.8 Å². The van der Waals surface area contributed by atoms with E-state index in [4.69, 9.17) is 0 Å². The maximum Gasteiger partial charge on any atom is 0.273 e. The topological polar surface area (TPSA) is 75.2 Å². The predicted octanol–water partition coefficient (Wildman–Crippen LogP) is 0.501. The number of hydrogen-bond acceptors (Lipinski definition) is 5. The van der Waals surface area contributed by atoms with Gasteiger partial charge in [0.1, 0.15) is 5.82 Å². The van der Waals surface area contributed by atoms with Crippen LogP contribution in [0.15, 0.2) is 12.1 Å². The molecule has 0 bridgehead atoms. The molecule has 2 heterocycles. The molecule has 1 aromatic rings. The van der Waals surface area contributed by atoms with Gasteiger partial charge in [-0.15, -0.1) is 10.2 Å². The van der Waals surface area contributed by atoms with Crippen LogP contribution in [0.3, 0.4) is 0 Å². The van der Waals surface area contributed by atoms with Crippen LogP contribution in [0.5, 0.6) is 0 Å². The van der Waals surface area contributed by atoms with Gasteiger partial charge in [-0.3, -0.25) is 9.00 Å². The Morgan fingerprint density at radius 1 is 1.32 bits per heavy atom. The Balaban J connectivity index is 1.95. The summed E-state index contributed by atoms with van der Waals surface area (Å²) in [6.07, 6.45) is 1.76. The zero-order valence-corrected chi connectivity index (χ0v) is 11.9. The van der Waals surface area contributed by atoms with Gasteiger partial charge in [0.05, 0.1) is 0 Å². The third-order valence-corrected chi connectivity index (χ3v) is 4.41. The van der Waals surface area contributed by atoms with Gasteiger partial charge in [0.15, 0.2) is 5.69 Å². The SMILES string of the molecule is CN(C)C(=O)c1ccc(NC2CCS(=O)CC2)nn1. The molecule has 0 aromatic carbocycles. The largest absolute Gasteiger partial charge is 0.366 e. The highest BCUT2D eigenvalue weighted by molar-refractivity contribution is 7.85. The molecule has 1 aliphatic rings. The summed E-state index contributed by atoms with van der Waals surface area (Å²) in [5, 5.41) is 11.2. The summed E-state index contributed by atoms with van der Waals surface area (Å²) in [4.78, 5) is 13.1. The first-order chi connectivity index (χ1) is 9.06. The zero-order valence-electron chi connectivity index (χ0n) is 11.1. The van der Waals surface area contributed by atoms with Gasteiger partial charge in [-0.1, -0.05) is 0 Å². The van der Waals surface area contributed by atoms with Gasteiger partial charge < -0.3 is 10.2 Å². The van der Waals surface area contributed by atoms with Crippen LogP contribution in [-0.2, 0) is 10.8 Å². The van der Waals surface area contributed by atoms with Crippen LogP contribution in [0.2, 0.25) is 0 Å². The minimum atomic E-state index is -0.660. The smallest absolute Gasteiger partial charge is 0.273 e. The summed E-state index contributed by atoms with van der Waals surface area (Å²) in [6, 6.07) is 3.72. The molecule has 104 valence electrons. The minimum absolute atomic E-state index is 0.160. The summed E-state index contributed by atoms with van der Waals surface area (Å²) in [7, 11) is 2.70. The summed E-state index contributed by atoms with van der Waals surface area (Å²) < 4.78 is 11.3. The van der Waals surface area contributed by atoms with E-state index in [9.17, 15) is 9.00 Å². The molecule has 1 aromatic heterocycles. The second-order valence-corrected chi connectivity index (χ2v) is 6.47. The summed E-state index contributed by atoms with van der Waals surface area (Å²) in [6.45, 7) is 0. The number of nitrogens with zero attached hydrogens (tertiary/aromatic N) is 3. The van der Waals surface area contributed by atoms with Gasteiger partial charge in [-0.05, 0) is 25.0 Å². The fraction of sp³-hybridized carbons (Fsp3) is 0.583. The number of aromatic nitrogens is 2. The lowest BCUT2D eigenvalue weighted by Gasteiger charge is -2.22. The van der Waals surface area contributed by atoms with Crippen molar-refractivity contribution in [2.45, 2.75) is 18.9 Å². The van der Waals surface area contributed by atoms with E-state index in [1.807, 2.05) is 0 Å². The highest BCUT2D eigenvalue weighted by Gasteiger charge is 2.18. The number of hydrogen-bond donors (Lipinski definition) is 1. The molecule has 1 N–H and O–H groups in total. The minimum Gasteiger partial charge on any atom is -0.366 e. The average Bonchev–Trinajstić information content (AvgIpc) is 2.41. The Morgan fingerprint density at radius 2 is 2.00 bits per heavy atom. The Kier molecular flexibility index (Phi) is 4.47. The van der Waals surface area contributed by atoms with E-state index in [0.717, 1.165) is 24.3 Å². The van der Waals surface area contributed by atoms with Crippen molar-refractivity contribution in [3.05, 3.63) is 17.8 Å². The third kappa shape index (κ3) is 3.73. The average molecular weight is 282 g/mol. The standard InChI is InChI=1S/C12H18N4O2S/c1-16(2)12(17)10-3-4-11(15-14-10)13-9-5-7-19(18)8-6-9/h3-4,9H,5-8H2,1-2H3,(H,13,15). The molecule has 1 fully saturated rings. The van der Waals surface area contributed by atoms with Crippen LogP contribution in [0.4, 0.5) is 5.82 Å². The third-order valence-electron chi connectivity index (χ3n) is 3.03. The molecule has 7 heteroatoms. The van der Waals surface area contributed by atoms with E-state index >= 15 is 0 Å². The van der Waals surface area contributed by atoms with Gasteiger partial charge in [-0.2, -0.15) is 0 Å². The fourth-order valence-corrected chi connectivity index (χ4v) is 3.20. The van der Waals surface area contributed by atoms with E-state index in [0.29, 0.717) is 17.6 Å². The maximum atomic E-state index is 11.7. The number of amides is 1. The Labute approximate surface area is 115 Å². The van der Waals surface area contributed by atoms with Crippen LogP contribution in [0.25, 0.3) is 0 Å². The second kappa shape index (κ2) is 6.10. The quantitative estimate of drug-likeness (QED) is 0.874. The summed E-state index contributed by atoms with van der Waals surface area (Å²) >= 11 is 0. The van der Waals surface area contributed by atoms with Crippen LogP contribution in [0, 0.1) is 0 Å². The lowest BCUT2D eigenvalue weighted by atomic mass is 10.1. The van der Waals surface area contributed by atoms with Gasteiger partial charge in [0, 0.05) is 42.4 Å². The van der Waals surface area contributed by atoms with Crippen LogP contribution in [0.1, 0.15) is 23.3 Å². The molecule has 2 rings (SSSR count). The van der Waals surface area contributed by atoms with Crippen LogP contribution < -0.4 is 5.32 Å². The van der Waals surface area contributed by atoms with E-state index in [1.54, 1.807) is 26.2 Å². The molecular weight excluding hydrogens is 264 g/mol. The molecule has 1 saturated heterocycles. The molecule has 0 spiro atoms. The van der Waals surface area contributed by atoms with E-state index in [-0.39, 0.29) is 5.91 Å². The monoisotopic (exact) mass is 282 g/mol. The lowest BCUT2D eigenvalue weighted by Crippen LogP contribution is -2.30. The molecule has 1 amide bonds. The number of carbonyl (C=O) groups is 1. The first-order valence-corrected chi connectivity index (χ1v) is 7.72. The highest BCUT2D eigenvalue weighted by Crippen LogP contribution is 2.14. The molecule has 0 unspecified atom stereocenters. The fourth-order valence-electron chi connectivity index (χ4n) is 1.90. The van der Waals surface area contributed by atoms with Crippen molar-refractivity contribution in [1.29, 1.82) is 0 Å². The summed E-state index contributed by atoms with van der Waals surface area (Å²) in [5.74, 6) is 1.98. The number of nitrogens with one attached hydrogen (secondary N) is 1. The Hall–Kier alpha value is -1.50. The number of anilines is 1. The van der Waals surface area contributed by atoms with Gasteiger partial charge in [-0.25, -0.2) is 0 Å². The zero-order chi connectivity index (χ0) is 13.8. The second-order valence-electron chi connectivity index (χ2n) is 4.77. The molecule has 1 aliphatic heterocycles. The predicted molar refractivity (Wildman–Crippen MR) is 74.6 cm³/mol. The maximum absolute atomic E-state index is 11.7. The van der Waals surface area contributed by atoms with E-state index in [2.05, 4.69) is 15.5 Å². The van der Waals surface area contributed by atoms with Crippen molar-refractivity contribution in [2.75, 3.05) is 30.9 Å². The van der Waals surface area contributed by atoms with Crippen molar-refractivity contribution in [3.8, 4) is 0 Å². The molecule has 0 aliphatic carbocycles. The van der Waals surface area contributed by atoms with Crippen molar-refractivity contribution in [1.82, 2.24) is 15.1 Å². The van der Waals surface area contributed by atoms with Crippen LogP contribution in [-0.4, -0.2) is 56.9 Å². The van der Waals surface area contributed by atoms with Gasteiger partial charge in [0.2, 0.25) is 0 Å². The van der Waals surface area contributed by atoms with Crippen molar-refractivity contribution in [3.63, 3.8) is 0 Å². The molecule has 0 saturated carbocycles. The van der Waals surface area contributed by atoms with Crippen molar-refractivity contribution >= 4 is 22.5 Å². The Bertz CT molecular complexity index is 465. The molecule has 6 nitrogen and oxygen atoms in total. The molecule has 0 atom stereocenters. The highest BCUT2D eigenvalue weighted by atomic mass is 32.2. The lowest BCUT2D eigenvalue weighted by molar-refractivity contribution is 0.0821. The van der Waals surface area contributed by atoms with Crippen molar-refractivity contribution < 1.29 is 9.00 Å². The van der Waals surface area contributed by atoms with Crippen molar-refractivity contribution in [2.24, 2.45) is 0 Å². The van der Waals surface area contributed by atoms with E-state index in [1.165, 1.54) is 4.90 Å².